The third-order valence-corrected chi connectivity index (χ3v) is 11.2. The lowest BCUT2D eigenvalue weighted by atomic mass is 9.78. The number of nitrogens with zero attached hydrogens (tertiary/aromatic N) is 5. The van der Waals surface area contributed by atoms with Crippen LogP contribution in [0.25, 0.3) is 5.69 Å². The molecular weight excluding hydrogens is 580 g/mol. The summed E-state index contributed by atoms with van der Waals surface area (Å²) in [4.78, 5) is 46.8. The Morgan fingerprint density at radius 2 is 1.67 bits per heavy atom. The third kappa shape index (κ3) is 6.22. The average Bonchev–Trinajstić information content (AvgIpc) is 3.72. The zero-order valence-electron chi connectivity index (χ0n) is 28.0. The Morgan fingerprint density at radius 1 is 1.00 bits per heavy atom. The number of piperidine rings is 1. The van der Waals surface area contributed by atoms with Crippen LogP contribution < -0.4 is 5.32 Å². The number of nitrogens with one attached hydrogen (secondary N) is 1. The number of likely N-dealkylation sites (tertiary alicyclic amines) is 2. The van der Waals surface area contributed by atoms with E-state index in [4.69, 9.17) is 5.10 Å². The number of rotatable bonds is 9. The Hall–Kier alpha value is -3.24. The fraction of sp³-hybridized carbons (Fsp3) is 0.667. The summed E-state index contributed by atoms with van der Waals surface area (Å²) in [5, 5.41) is 19.1. The predicted molar refractivity (Wildman–Crippen MR) is 177 cm³/mol. The normalized spacial score (nSPS) is 23.3. The number of aryl methyl sites for hydroxylation is 1. The van der Waals surface area contributed by atoms with Gasteiger partial charge in [0.2, 0.25) is 11.8 Å². The highest BCUT2D eigenvalue weighted by Gasteiger charge is 2.55. The number of piperazine rings is 1. The number of aliphatic hydroxyl groups is 1. The molecular formula is C36H52N6O4. The van der Waals surface area contributed by atoms with Crippen molar-refractivity contribution >= 4 is 17.7 Å². The van der Waals surface area contributed by atoms with Gasteiger partial charge in [-0.3, -0.25) is 19.3 Å². The number of hydrogen-bond acceptors (Lipinski definition) is 6. The van der Waals surface area contributed by atoms with Crippen LogP contribution in [-0.4, -0.2) is 97.7 Å². The molecule has 4 aliphatic rings. The van der Waals surface area contributed by atoms with Crippen molar-refractivity contribution in [2.75, 3.05) is 32.7 Å². The number of carbonyl (C=O) groups excluding carboxylic acids is 3. The first-order valence-electron chi connectivity index (χ1n) is 17.7. The molecule has 10 heteroatoms. The Balaban J connectivity index is 1.13. The minimum Gasteiger partial charge on any atom is -0.390 e. The van der Waals surface area contributed by atoms with E-state index >= 15 is 0 Å². The number of benzene rings is 1. The molecule has 10 nitrogen and oxygen atoms in total. The number of hydrogen-bond donors (Lipinski definition) is 2. The van der Waals surface area contributed by atoms with E-state index in [-0.39, 0.29) is 23.6 Å². The summed E-state index contributed by atoms with van der Waals surface area (Å²) in [6.07, 6.45) is 9.36. The molecule has 250 valence electrons. The molecule has 3 amide bonds. The molecule has 4 heterocycles. The zero-order chi connectivity index (χ0) is 32.4. The SMILES string of the molecule is CCCCN1C(=O)C(C(O)C2CCCCC2)NC(=O)C12CCN(Cc1c(C)nn(-c3ccc(C(=O)N4CCCC4)cc3)c1C)CC2. The van der Waals surface area contributed by atoms with Gasteiger partial charge in [-0.15, -0.1) is 0 Å². The maximum Gasteiger partial charge on any atom is 0.253 e. The van der Waals surface area contributed by atoms with Gasteiger partial charge in [-0.25, -0.2) is 4.68 Å². The molecule has 4 fully saturated rings. The monoisotopic (exact) mass is 632 g/mol. The maximum atomic E-state index is 14.0. The van der Waals surface area contributed by atoms with Crippen molar-refractivity contribution in [2.24, 2.45) is 5.92 Å². The molecule has 46 heavy (non-hydrogen) atoms. The standard InChI is InChI=1S/C36H52N6O4/c1-4-5-21-41-34(45)31(32(43)27-11-7-6-8-12-27)37-35(46)36(41)17-22-39(23-18-36)24-30-25(2)38-42(26(30)3)29-15-13-28(14-16-29)33(44)40-19-9-10-20-40/h13-16,27,31-32,43H,4-12,17-24H2,1-3H3,(H,37,46). The summed E-state index contributed by atoms with van der Waals surface area (Å²) >= 11 is 0. The summed E-state index contributed by atoms with van der Waals surface area (Å²) < 4.78 is 1.96. The molecule has 3 saturated heterocycles. The number of aromatic nitrogens is 2. The molecule has 2 N–H and O–H groups in total. The lowest BCUT2D eigenvalue weighted by molar-refractivity contribution is -0.166. The fourth-order valence-corrected chi connectivity index (χ4v) is 8.26. The smallest absolute Gasteiger partial charge is 0.253 e. The minimum atomic E-state index is -0.867. The zero-order valence-corrected chi connectivity index (χ0v) is 28.0. The molecule has 1 aliphatic carbocycles. The van der Waals surface area contributed by atoms with Crippen LogP contribution in [-0.2, 0) is 16.1 Å². The van der Waals surface area contributed by atoms with Gasteiger partial charge < -0.3 is 20.2 Å². The van der Waals surface area contributed by atoms with Crippen molar-refractivity contribution in [2.45, 2.75) is 116 Å². The second kappa shape index (κ2) is 13.9. The molecule has 1 aromatic carbocycles. The van der Waals surface area contributed by atoms with Crippen molar-refractivity contribution in [3.8, 4) is 5.69 Å². The molecule has 1 aromatic heterocycles. The highest BCUT2D eigenvalue weighted by atomic mass is 16.3. The molecule has 1 saturated carbocycles. The lowest BCUT2D eigenvalue weighted by Crippen LogP contribution is -2.75. The highest BCUT2D eigenvalue weighted by molar-refractivity contribution is 6.00. The van der Waals surface area contributed by atoms with Gasteiger partial charge in [-0.2, -0.15) is 5.10 Å². The third-order valence-electron chi connectivity index (χ3n) is 11.2. The Morgan fingerprint density at radius 3 is 2.33 bits per heavy atom. The quantitative estimate of drug-likeness (QED) is 0.430. The molecule has 1 spiro atoms. The molecule has 2 aromatic rings. The van der Waals surface area contributed by atoms with Crippen molar-refractivity contribution in [3.63, 3.8) is 0 Å². The maximum absolute atomic E-state index is 14.0. The highest BCUT2D eigenvalue weighted by Crippen LogP contribution is 2.37. The van der Waals surface area contributed by atoms with E-state index in [1.807, 2.05) is 45.7 Å². The first-order valence-corrected chi connectivity index (χ1v) is 17.7. The summed E-state index contributed by atoms with van der Waals surface area (Å²) in [5.74, 6) is -0.0524. The van der Waals surface area contributed by atoms with Crippen LogP contribution in [0.3, 0.4) is 0 Å². The molecule has 6 rings (SSSR count). The number of aliphatic hydroxyl groups excluding tert-OH is 1. The van der Waals surface area contributed by atoms with E-state index in [0.717, 1.165) is 87.1 Å². The number of unbranched alkanes of at least 4 members (excludes halogenated alkanes) is 1. The van der Waals surface area contributed by atoms with E-state index in [2.05, 4.69) is 24.1 Å². The van der Waals surface area contributed by atoms with Gasteiger partial charge in [-0.1, -0.05) is 32.6 Å². The van der Waals surface area contributed by atoms with Gasteiger partial charge >= 0.3 is 0 Å². The lowest BCUT2D eigenvalue weighted by Gasteiger charge is -2.52. The van der Waals surface area contributed by atoms with Crippen LogP contribution in [0.1, 0.15) is 105 Å². The van der Waals surface area contributed by atoms with Crippen LogP contribution >= 0.6 is 0 Å². The largest absolute Gasteiger partial charge is 0.390 e. The van der Waals surface area contributed by atoms with Crippen molar-refractivity contribution in [1.29, 1.82) is 0 Å². The fourth-order valence-electron chi connectivity index (χ4n) is 8.26. The van der Waals surface area contributed by atoms with Gasteiger partial charge in [-0.05, 0) is 89.0 Å². The Labute approximate surface area is 273 Å². The first-order chi connectivity index (χ1) is 22.2. The number of carbonyl (C=O) groups is 3. The Bertz CT molecular complexity index is 1400. The van der Waals surface area contributed by atoms with Crippen molar-refractivity contribution < 1.29 is 19.5 Å². The molecule has 0 radical (unpaired) electrons. The first kappa shape index (κ1) is 32.7. The minimum absolute atomic E-state index is 0.0645. The molecule has 3 aliphatic heterocycles. The van der Waals surface area contributed by atoms with Gasteiger partial charge in [0.05, 0.1) is 17.5 Å². The van der Waals surface area contributed by atoms with Crippen molar-refractivity contribution in [3.05, 3.63) is 46.8 Å². The van der Waals surface area contributed by atoms with Gasteiger partial charge in [0.15, 0.2) is 0 Å². The van der Waals surface area contributed by atoms with Crippen LogP contribution in [0.5, 0.6) is 0 Å². The Kier molecular flexibility index (Phi) is 9.85. The summed E-state index contributed by atoms with van der Waals surface area (Å²) in [6.45, 7) is 10.5. The van der Waals surface area contributed by atoms with E-state index in [1.54, 1.807) is 0 Å². The molecule has 0 bridgehead atoms. The van der Waals surface area contributed by atoms with Gasteiger partial charge in [0.25, 0.3) is 5.91 Å². The summed E-state index contributed by atoms with van der Waals surface area (Å²) in [7, 11) is 0. The molecule has 2 unspecified atom stereocenters. The van der Waals surface area contributed by atoms with Gasteiger partial charge in [0.1, 0.15) is 11.6 Å². The topological polar surface area (TPSA) is 111 Å². The van der Waals surface area contributed by atoms with E-state index < -0.39 is 17.7 Å². The van der Waals surface area contributed by atoms with E-state index in [0.29, 0.717) is 44.6 Å². The van der Waals surface area contributed by atoms with Crippen LogP contribution in [0, 0.1) is 19.8 Å². The second-order valence-corrected chi connectivity index (χ2v) is 14.1. The van der Waals surface area contributed by atoms with Crippen LogP contribution in [0.2, 0.25) is 0 Å². The van der Waals surface area contributed by atoms with Crippen LogP contribution in [0.4, 0.5) is 0 Å². The predicted octanol–water partition coefficient (Wildman–Crippen LogP) is 4.13. The number of amides is 3. The van der Waals surface area contributed by atoms with Crippen molar-refractivity contribution in [1.82, 2.24) is 29.8 Å². The summed E-state index contributed by atoms with van der Waals surface area (Å²) in [6, 6.07) is 6.89. The molecule has 2 atom stereocenters. The average molecular weight is 633 g/mol. The van der Waals surface area contributed by atoms with Gasteiger partial charge in [0, 0.05) is 56.1 Å². The van der Waals surface area contributed by atoms with E-state index in [1.165, 1.54) is 6.42 Å². The summed E-state index contributed by atoms with van der Waals surface area (Å²) in [5.41, 5.74) is 3.96. The van der Waals surface area contributed by atoms with E-state index in [9.17, 15) is 19.5 Å². The second-order valence-electron chi connectivity index (χ2n) is 14.1. The van der Waals surface area contributed by atoms with Crippen LogP contribution in [0.15, 0.2) is 24.3 Å².